The van der Waals surface area contributed by atoms with E-state index in [1.54, 1.807) is 7.11 Å². The second-order valence-corrected chi connectivity index (χ2v) is 5.41. The van der Waals surface area contributed by atoms with Crippen LogP contribution in [0, 0.1) is 0 Å². The molecule has 1 amide bonds. The minimum atomic E-state index is 0.0837. The number of carbonyl (C=O) groups is 1. The van der Waals surface area contributed by atoms with Gasteiger partial charge in [-0.25, -0.2) is 0 Å². The molecule has 94 valence electrons. The number of likely N-dealkylation sites (tertiary alicyclic amines) is 1. The summed E-state index contributed by atoms with van der Waals surface area (Å²) in [6.07, 6.45) is 1.78. The number of hydrogen-bond acceptors (Lipinski definition) is 3. The highest BCUT2D eigenvalue weighted by atomic mass is 16.5. The summed E-state index contributed by atoms with van der Waals surface area (Å²) in [5.74, 6) is 0.233. The van der Waals surface area contributed by atoms with Gasteiger partial charge in [-0.1, -0.05) is 0 Å². The van der Waals surface area contributed by atoms with E-state index in [2.05, 4.69) is 26.1 Å². The van der Waals surface area contributed by atoms with Crippen LogP contribution in [-0.2, 0) is 9.53 Å². The van der Waals surface area contributed by atoms with Crippen molar-refractivity contribution in [1.29, 1.82) is 0 Å². The Morgan fingerprint density at radius 2 is 2.19 bits per heavy atom. The molecule has 1 rings (SSSR count). The molecule has 1 N–H and O–H groups in total. The van der Waals surface area contributed by atoms with E-state index >= 15 is 0 Å². The second kappa shape index (κ2) is 5.64. The van der Waals surface area contributed by atoms with Crippen molar-refractivity contribution in [2.24, 2.45) is 0 Å². The lowest BCUT2D eigenvalue weighted by Gasteiger charge is -2.22. The predicted molar refractivity (Wildman–Crippen MR) is 64.4 cm³/mol. The van der Waals surface area contributed by atoms with Crippen LogP contribution >= 0.6 is 0 Å². The van der Waals surface area contributed by atoms with Gasteiger partial charge in [0.1, 0.15) is 0 Å². The van der Waals surface area contributed by atoms with Crippen LogP contribution in [0.4, 0.5) is 0 Å². The highest BCUT2D eigenvalue weighted by molar-refractivity contribution is 5.76. The monoisotopic (exact) mass is 228 g/mol. The Morgan fingerprint density at radius 3 is 2.69 bits per heavy atom. The molecule has 0 aromatic heterocycles. The van der Waals surface area contributed by atoms with Gasteiger partial charge in [0, 0.05) is 38.7 Å². The van der Waals surface area contributed by atoms with Gasteiger partial charge in [-0.05, 0) is 27.2 Å². The molecule has 1 atom stereocenters. The van der Waals surface area contributed by atoms with Crippen LogP contribution in [0.1, 0.15) is 33.6 Å². The van der Waals surface area contributed by atoms with Gasteiger partial charge in [-0.3, -0.25) is 4.79 Å². The third kappa shape index (κ3) is 4.49. The van der Waals surface area contributed by atoms with E-state index in [1.165, 1.54) is 0 Å². The lowest BCUT2D eigenvalue weighted by Crippen LogP contribution is -2.39. The maximum atomic E-state index is 11.8. The Hall–Kier alpha value is -0.610. The molecule has 4 heteroatoms. The van der Waals surface area contributed by atoms with Gasteiger partial charge in [0.05, 0.1) is 6.10 Å². The Morgan fingerprint density at radius 1 is 1.50 bits per heavy atom. The largest absolute Gasteiger partial charge is 0.380 e. The zero-order chi connectivity index (χ0) is 12.2. The molecule has 1 fully saturated rings. The summed E-state index contributed by atoms with van der Waals surface area (Å²) in [5.41, 5.74) is 0.0837. The van der Waals surface area contributed by atoms with Crippen molar-refractivity contribution in [2.75, 3.05) is 26.7 Å². The lowest BCUT2D eigenvalue weighted by molar-refractivity contribution is -0.130. The van der Waals surface area contributed by atoms with Crippen LogP contribution in [0.25, 0.3) is 0 Å². The molecule has 1 aliphatic heterocycles. The zero-order valence-electron chi connectivity index (χ0n) is 10.9. The van der Waals surface area contributed by atoms with Crippen molar-refractivity contribution in [3.05, 3.63) is 0 Å². The van der Waals surface area contributed by atoms with Crippen molar-refractivity contribution in [1.82, 2.24) is 10.2 Å². The van der Waals surface area contributed by atoms with Crippen molar-refractivity contribution in [3.63, 3.8) is 0 Å². The van der Waals surface area contributed by atoms with Gasteiger partial charge in [-0.15, -0.1) is 0 Å². The quantitative estimate of drug-likeness (QED) is 0.781. The summed E-state index contributed by atoms with van der Waals surface area (Å²) < 4.78 is 5.24. The Bertz CT molecular complexity index is 236. The Balaban J connectivity index is 2.21. The van der Waals surface area contributed by atoms with E-state index in [-0.39, 0.29) is 17.6 Å². The van der Waals surface area contributed by atoms with E-state index in [4.69, 9.17) is 4.74 Å². The molecule has 1 heterocycles. The first-order chi connectivity index (χ1) is 7.42. The number of amides is 1. The zero-order valence-corrected chi connectivity index (χ0v) is 10.9. The standard InChI is InChI=1S/C12H24N2O2/c1-12(2,3)13-7-5-11(15)14-8-6-10(9-14)16-4/h10,13H,5-9H2,1-4H3. The normalized spacial score (nSPS) is 21.5. The summed E-state index contributed by atoms with van der Waals surface area (Å²) in [7, 11) is 1.71. The van der Waals surface area contributed by atoms with Gasteiger partial charge in [0.2, 0.25) is 5.91 Å². The number of nitrogens with zero attached hydrogens (tertiary/aromatic N) is 1. The van der Waals surface area contributed by atoms with Crippen molar-refractivity contribution < 1.29 is 9.53 Å². The summed E-state index contributed by atoms with van der Waals surface area (Å²) in [6, 6.07) is 0. The molecule has 0 aliphatic carbocycles. The molecule has 1 aliphatic rings. The topological polar surface area (TPSA) is 41.6 Å². The third-order valence-corrected chi connectivity index (χ3v) is 2.83. The maximum absolute atomic E-state index is 11.8. The fourth-order valence-corrected chi connectivity index (χ4v) is 1.85. The van der Waals surface area contributed by atoms with Crippen molar-refractivity contribution in [3.8, 4) is 0 Å². The smallest absolute Gasteiger partial charge is 0.223 e. The number of nitrogens with one attached hydrogen (secondary N) is 1. The summed E-state index contributed by atoms with van der Waals surface area (Å²) in [5, 5.41) is 3.32. The van der Waals surface area contributed by atoms with Crippen LogP contribution in [0.2, 0.25) is 0 Å². The Labute approximate surface area is 98.3 Å². The minimum Gasteiger partial charge on any atom is -0.380 e. The molecule has 0 saturated carbocycles. The predicted octanol–water partition coefficient (Wildman–Crippen LogP) is 1.01. The molecule has 0 bridgehead atoms. The number of hydrogen-bond donors (Lipinski definition) is 1. The van der Waals surface area contributed by atoms with Crippen molar-refractivity contribution >= 4 is 5.91 Å². The maximum Gasteiger partial charge on any atom is 0.223 e. The molecule has 0 radical (unpaired) electrons. The van der Waals surface area contributed by atoms with Gasteiger partial charge < -0.3 is 15.0 Å². The third-order valence-electron chi connectivity index (χ3n) is 2.83. The molecule has 0 aromatic carbocycles. The number of methoxy groups -OCH3 is 1. The van der Waals surface area contributed by atoms with Crippen LogP contribution in [0.15, 0.2) is 0 Å². The first-order valence-corrected chi connectivity index (χ1v) is 5.98. The Kier molecular flexibility index (Phi) is 4.74. The van der Waals surface area contributed by atoms with Crippen molar-refractivity contribution in [2.45, 2.75) is 45.3 Å². The minimum absolute atomic E-state index is 0.0837. The molecular formula is C12H24N2O2. The fraction of sp³-hybridized carbons (Fsp3) is 0.917. The van der Waals surface area contributed by atoms with Crippen LogP contribution in [0.5, 0.6) is 0 Å². The van der Waals surface area contributed by atoms with E-state index in [9.17, 15) is 4.79 Å². The van der Waals surface area contributed by atoms with Crippen LogP contribution < -0.4 is 5.32 Å². The summed E-state index contributed by atoms with van der Waals surface area (Å²) >= 11 is 0. The molecule has 4 nitrogen and oxygen atoms in total. The van der Waals surface area contributed by atoms with Crippen LogP contribution in [0.3, 0.4) is 0 Å². The van der Waals surface area contributed by atoms with E-state index < -0.39 is 0 Å². The van der Waals surface area contributed by atoms with Gasteiger partial charge >= 0.3 is 0 Å². The fourth-order valence-electron chi connectivity index (χ4n) is 1.85. The number of carbonyl (C=O) groups excluding carboxylic acids is 1. The van der Waals surface area contributed by atoms with Gasteiger partial charge in [-0.2, -0.15) is 0 Å². The lowest BCUT2D eigenvalue weighted by atomic mass is 10.1. The van der Waals surface area contributed by atoms with Gasteiger partial charge in [0.25, 0.3) is 0 Å². The average molecular weight is 228 g/mol. The molecular weight excluding hydrogens is 204 g/mol. The van der Waals surface area contributed by atoms with E-state index in [0.717, 1.165) is 26.1 Å². The molecule has 0 aromatic rings. The molecule has 16 heavy (non-hydrogen) atoms. The second-order valence-electron chi connectivity index (χ2n) is 5.41. The average Bonchev–Trinajstić information content (AvgIpc) is 2.63. The first kappa shape index (κ1) is 13.5. The SMILES string of the molecule is COC1CCN(C(=O)CCNC(C)(C)C)C1. The number of rotatable bonds is 4. The number of ether oxygens (including phenoxy) is 1. The molecule has 1 saturated heterocycles. The highest BCUT2D eigenvalue weighted by Crippen LogP contribution is 2.12. The van der Waals surface area contributed by atoms with Gasteiger partial charge in [0.15, 0.2) is 0 Å². The molecule has 1 unspecified atom stereocenters. The molecule has 0 spiro atoms. The summed E-state index contributed by atoms with van der Waals surface area (Å²) in [4.78, 5) is 13.7. The summed E-state index contributed by atoms with van der Waals surface area (Å²) in [6.45, 7) is 8.66. The van der Waals surface area contributed by atoms with E-state index in [0.29, 0.717) is 6.42 Å². The highest BCUT2D eigenvalue weighted by Gasteiger charge is 2.25. The van der Waals surface area contributed by atoms with Crippen LogP contribution in [-0.4, -0.2) is 49.2 Å². The van der Waals surface area contributed by atoms with E-state index in [1.807, 2.05) is 4.90 Å². The first-order valence-electron chi connectivity index (χ1n) is 5.98.